The molecule has 8 nitrogen and oxygen atoms in total. The molecule has 0 spiro atoms. The third kappa shape index (κ3) is 4.44. The van der Waals surface area contributed by atoms with Crippen LogP contribution in [0.3, 0.4) is 0 Å². The van der Waals surface area contributed by atoms with E-state index in [9.17, 15) is 14.9 Å². The Bertz CT molecular complexity index is 850. The van der Waals surface area contributed by atoms with Crippen LogP contribution < -0.4 is 11.1 Å². The van der Waals surface area contributed by atoms with Gasteiger partial charge in [-0.25, -0.2) is 4.98 Å². The highest BCUT2D eigenvalue weighted by atomic mass is 35.5. The number of ether oxygens (including phenoxy) is 1. The number of carbonyl (C=O) groups excluding carboxylic acids is 1. The summed E-state index contributed by atoms with van der Waals surface area (Å²) < 4.78 is 5.38. The van der Waals surface area contributed by atoms with Crippen LogP contribution in [0, 0.1) is 22.5 Å². The third-order valence-corrected chi connectivity index (χ3v) is 3.45. The predicted octanol–water partition coefficient (Wildman–Crippen LogP) is 2.56. The largest absolute Gasteiger partial charge is 0.378 e. The summed E-state index contributed by atoms with van der Waals surface area (Å²) in [6.07, 6.45) is 4.10. The number of halogens is 1. The quantitative estimate of drug-likeness (QED) is 0.464. The van der Waals surface area contributed by atoms with Crippen molar-refractivity contribution in [2.75, 3.05) is 17.7 Å². The molecule has 1 aromatic heterocycles. The molecule has 1 aromatic carbocycles. The van der Waals surface area contributed by atoms with Crippen molar-refractivity contribution in [3.8, 4) is 12.3 Å². The molecule has 1 heterocycles. The molecule has 0 fully saturated rings. The van der Waals surface area contributed by atoms with Crippen molar-refractivity contribution in [2.24, 2.45) is 0 Å². The SMILES string of the molecule is C#CCOC(C(=O)Nc1ccc([N+](=O)[O-])c(N)n1)c1ccccc1Cl. The van der Waals surface area contributed by atoms with Gasteiger partial charge in [0.1, 0.15) is 12.4 Å². The summed E-state index contributed by atoms with van der Waals surface area (Å²) in [5.41, 5.74) is 5.57. The highest BCUT2D eigenvalue weighted by Crippen LogP contribution is 2.27. The Balaban J connectivity index is 2.26. The number of hydrogen-bond donors (Lipinski definition) is 2. The smallest absolute Gasteiger partial charge is 0.311 e. The van der Waals surface area contributed by atoms with Gasteiger partial charge in [0.15, 0.2) is 6.10 Å². The maximum absolute atomic E-state index is 12.5. The van der Waals surface area contributed by atoms with E-state index in [0.717, 1.165) is 6.07 Å². The molecule has 0 bridgehead atoms. The second-order valence-electron chi connectivity index (χ2n) is 4.76. The fourth-order valence-electron chi connectivity index (χ4n) is 2.01. The van der Waals surface area contributed by atoms with Gasteiger partial charge in [0.05, 0.1) is 4.92 Å². The van der Waals surface area contributed by atoms with E-state index < -0.39 is 16.9 Å². The lowest BCUT2D eigenvalue weighted by atomic mass is 10.1. The highest BCUT2D eigenvalue weighted by Gasteiger charge is 2.24. The summed E-state index contributed by atoms with van der Waals surface area (Å²) in [5.74, 6) is 1.40. The minimum Gasteiger partial charge on any atom is -0.378 e. The minimum atomic E-state index is -1.08. The number of anilines is 2. The molecule has 1 unspecified atom stereocenters. The van der Waals surface area contributed by atoms with E-state index in [4.69, 9.17) is 28.5 Å². The number of rotatable bonds is 6. The summed E-state index contributed by atoms with van der Waals surface area (Å²) in [6.45, 7) is -0.112. The lowest BCUT2D eigenvalue weighted by molar-refractivity contribution is -0.384. The number of aromatic nitrogens is 1. The van der Waals surface area contributed by atoms with Crippen molar-refractivity contribution >= 4 is 34.8 Å². The number of hydrogen-bond acceptors (Lipinski definition) is 6. The fourth-order valence-corrected chi connectivity index (χ4v) is 2.24. The Labute approximate surface area is 148 Å². The number of nitrogens with zero attached hydrogens (tertiary/aromatic N) is 2. The summed E-state index contributed by atoms with van der Waals surface area (Å²) in [6, 6.07) is 9.05. The highest BCUT2D eigenvalue weighted by molar-refractivity contribution is 6.31. The van der Waals surface area contributed by atoms with Gasteiger partial charge in [-0.05, 0) is 12.1 Å². The Hall–Kier alpha value is -3.15. The van der Waals surface area contributed by atoms with Crippen molar-refractivity contribution in [1.82, 2.24) is 4.98 Å². The molecule has 128 valence electrons. The van der Waals surface area contributed by atoms with E-state index in [2.05, 4.69) is 16.2 Å². The standard InChI is InChI=1S/C16H13ClN4O4/c1-2-9-25-14(10-5-3-4-6-11(10)17)16(22)20-13-8-7-12(21(23)24)15(18)19-13/h1,3-8,14H,9H2,(H3,18,19,20,22). The Morgan fingerprint density at radius 2 is 2.16 bits per heavy atom. The number of benzene rings is 1. The van der Waals surface area contributed by atoms with E-state index in [1.54, 1.807) is 24.3 Å². The van der Waals surface area contributed by atoms with E-state index in [-0.39, 0.29) is 23.9 Å². The zero-order chi connectivity index (χ0) is 18.4. The molecule has 2 rings (SSSR count). The number of nitro groups is 1. The minimum absolute atomic E-state index is 0.0365. The zero-order valence-corrected chi connectivity index (χ0v) is 13.6. The van der Waals surface area contributed by atoms with Gasteiger partial charge in [-0.15, -0.1) is 6.42 Å². The first kappa shape index (κ1) is 18.2. The number of terminal acetylenes is 1. The number of nitrogens with two attached hydrogens (primary N) is 1. The number of carbonyl (C=O) groups is 1. The van der Waals surface area contributed by atoms with Crippen LogP contribution in [-0.4, -0.2) is 22.4 Å². The number of pyridine rings is 1. The average molecular weight is 361 g/mol. The lowest BCUT2D eigenvalue weighted by Gasteiger charge is -2.17. The van der Waals surface area contributed by atoms with Crippen molar-refractivity contribution in [1.29, 1.82) is 0 Å². The van der Waals surface area contributed by atoms with Crippen molar-refractivity contribution in [3.05, 3.63) is 57.1 Å². The number of amides is 1. The molecular weight excluding hydrogens is 348 g/mol. The normalized spacial score (nSPS) is 11.4. The Morgan fingerprint density at radius 3 is 2.76 bits per heavy atom. The van der Waals surface area contributed by atoms with Gasteiger partial charge in [0.2, 0.25) is 5.82 Å². The van der Waals surface area contributed by atoms with Crippen molar-refractivity contribution < 1.29 is 14.5 Å². The second kappa shape index (κ2) is 8.10. The second-order valence-corrected chi connectivity index (χ2v) is 5.17. The first-order valence-electron chi connectivity index (χ1n) is 6.95. The Kier molecular flexibility index (Phi) is 5.89. The molecule has 0 radical (unpaired) electrons. The summed E-state index contributed by atoms with van der Waals surface area (Å²) in [7, 11) is 0. The Morgan fingerprint density at radius 1 is 1.44 bits per heavy atom. The molecule has 0 saturated heterocycles. The molecule has 2 aromatic rings. The zero-order valence-electron chi connectivity index (χ0n) is 12.8. The summed E-state index contributed by atoms with van der Waals surface area (Å²) in [4.78, 5) is 26.4. The molecular formula is C16H13ClN4O4. The van der Waals surface area contributed by atoms with E-state index in [0.29, 0.717) is 10.6 Å². The first-order valence-corrected chi connectivity index (χ1v) is 7.33. The van der Waals surface area contributed by atoms with Gasteiger partial charge in [-0.1, -0.05) is 35.7 Å². The topological polar surface area (TPSA) is 120 Å². The number of nitrogens with one attached hydrogen (secondary N) is 1. The van der Waals surface area contributed by atoms with Crippen LogP contribution in [0.1, 0.15) is 11.7 Å². The lowest BCUT2D eigenvalue weighted by Crippen LogP contribution is -2.24. The van der Waals surface area contributed by atoms with Gasteiger partial charge >= 0.3 is 5.69 Å². The maximum atomic E-state index is 12.5. The van der Waals surface area contributed by atoms with Crippen LogP contribution >= 0.6 is 11.6 Å². The molecule has 25 heavy (non-hydrogen) atoms. The van der Waals surface area contributed by atoms with E-state index >= 15 is 0 Å². The maximum Gasteiger partial charge on any atom is 0.311 e. The fraction of sp³-hybridized carbons (Fsp3) is 0.125. The molecule has 1 atom stereocenters. The predicted molar refractivity (Wildman–Crippen MR) is 92.9 cm³/mol. The van der Waals surface area contributed by atoms with Gasteiger partial charge in [-0.2, -0.15) is 0 Å². The average Bonchev–Trinajstić information content (AvgIpc) is 2.56. The first-order chi connectivity index (χ1) is 11.9. The van der Waals surface area contributed by atoms with Gasteiger partial charge in [-0.3, -0.25) is 14.9 Å². The van der Waals surface area contributed by atoms with E-state index in [1.165, 1.54) is 6.07 Å². The van der Waals surface area contributed by atoms with Crippen LogP contribution in [0.5, 0.6) is 0 Å². The summed E-state index contributed by atoms with van der Waals surface area (Å²) >= 11 is 6.10. The van der Waals surface area contributed by atoms with Crippen molar-refractivity contribution in [3.63, 3.8) is 0 Å². The van der Waals surface area contributed by atoms with Crippen LogP contribution in [-0.2, 0) is 9.53 Å². The third-order valence-electron chi connectivity index (χ3n) is 3.11. The van der Waals surface area contributed by atoms with Crippen LogP contribution in [0.2, 0.25) is 5.02 Å². The molecule has 3 N–H and O–H groups in total. The van der Waals surface area contributed by atoms with Gasteiger partial charge in [0, 0.05) is 16.7 Å². The molecule has 0 aliphatic rings. The van der Waals surface area contributed by atoms with Crippen LogP contribution in [0.15, 0.2) is 36.4 Å². The summed E-state index contributed by atoms with van der Waals surface area (Å²) in [5, 5.41) is 13.6. The molecule has 1 amide bonds. The van der Waals surface area contributed by atoms with Gasteiger partial charge in [0.25, 0.3) is 5.91 Å². The van der Waals surface area contributed by atoms with Gasteiger partial charge < -0.3 is 15.8 Å². The van der Waals surface area contributed by atoms with Crippen LogP contribution in [0.4, 0.5) is 17.3 Å². The number of nitrogen functional groups attached to an aromatic ring is 1. The molecule has 0 aliphatic carbocycles. The van der Waals surface area contributed by atoms with E-state index in [1.807, 2.05) is 0 Å². The molecule has 0 saturated carbocycles. The van der Waals surface area contributed by atoms with Crippen LogP contribution in [0.25, 0.3) is 0 Å². The molecule has 9 heteroatoms. The monoisotopic (exact) mass is 360 g/mol. The molecule has 0 aliphatic heterocycles. The van der Waals surface area contributed by atoms with Crippen molar-refractivity contribution in [2.45, 2.75) is 6.10 Å².